The number of rotatable bonds is 7. The molecule has 1 saturated heterocycles. The summed E-state index contributed by atoms with van der Waals surface area (Å²) in [5, 5.41) is 4.30. The third-order valence-electron chi connectivity index (χ3n) is 8.12. The molecule has 3 heterocycles. The fourth-order valence-electron chi connectivity index (χ4n) is 5.77. The summed E-state index contributed by atoms with van der Waals surface area (Å²) < 4.78 is 38.8. The number of hydrazine groups is 1. The van der Waals surface area contributed by atoms with Gasteiger partial charge >= 0.3 is 0 Å². The normalized spacial score (nSPS) is 25.0. The molecule has 1 aromatic heterocycles. The second-order valence-electron chi connectivity index (χ2n) is 11.2. The zero-order valence-corrected chi connectivity index (χ0v) is 24.9. The first kappa shape index (κ1) is 29.7. The topological polar surface area (TPSA) is 113 Å². The van der Waals surface area contributed by atoms with Gasteiger partial charge in [0, 0.05) is 52.6 Å². The number of alkyl halides is 2. The summed E-state index contributed by atoms with van der Waals surface area (Å²) in [5.74, 6) is -4.02. The van der Waals surface area contributed by atoms with Crippen LogP contribution < -0.4 is 25.8 Å². The Balaban J connectivity index is 1.23. The molecule has 5 rings (SSSR count). The molecule has 9 nitrogen and oxygen atoms in total. The lowest BCUT2D eigenvalue weighted by Gasteiger charge is -2.40. The molecule has 1 atom stereocenters. The first-order chi connectivity index (χ1) is 19.3. The fourth-order valence-corrected chi connectivity index (χ4v) is 6.71. The number of carbonyl (C=O) groups excluding carboxylic acids is 2. The summed E-state index contributed by atoms with van der Waals surface area (Å²) in [6.07, 6.45) is 4.26. The van der Waals surface area contributed by atoms with Crippen molar-refractivity contribution in [3.05, 3.63) is 49.9 Å². The molecule has 3 aliphatic rings. The average molecular weight is 611 g/mol. The Bertz CT molecular complexity index is 1440. The number of nitrogens with one attached hydrogen (secondary N) is 3. The van der Waals surface area contributed by atoms with E-state index in [4.69, 9.17) is 21.1 Å². The maximum Gasteiger partial charge on any atom is 0.276 e. The van der Waals surface area contributed by atoms with Crippen molar-refractivity contribution in [1.29, 1.82) is 0 Å². The van der Waals surface area contributed by atoms with E-state index >= 15 is 0 Å². The van der Waals surface area contributed by atoms with Gasteiger partial charge in [-0.3, -0.25) is 19.8 Å². The Hall–Kier alpha value is -2.83. The molecule has 2 aliphatic heterocycles. The second kappa shape index (κ2) is 11.1. The molecule has 0 unspecified atom stereocenters. The van der Waals surface area contributed by atoms with Crippen LogP contribution in [0.1, 0.15) is 59.8 Å². The molecule has 3 N–H and O–H groups in total. The van der Waals surface area contributed by atoms with E-state index in [1.165, 1.54) is 22.8 Å². The number of nitrogens with zero attached hydrogens (tertiary/aromatic N) is 1. The Morgan fingerprint density at radius 2 is 1.80 bits per heavy atom. The number of aromatic nitrogens is 1. The molecule has 1 aliphatic carbocycles. The predicted molar refractivity (Wildman–Crippen MR) is 151 cm³/mol. The number of benzene rings is 1. The van der Waals surface area contributed by atoms with Crippen molar-refractivity contribution in [3.8, 4) is 11.5 Å². The Labute approximate surface area is 245 Å². The number of pyridine rings is 1. The van der Waals surface area contributed by atoms with Crippen LogP contribution in [-0.4, -0.2) is 52.9 Å². The van der Waals surface area contributed by atoms with E-state index < -0.39 is 30.7 Å². The molecular weight excluding hydrogens is 578 g/mol. The molecule has 13 heteroatoms. The van der Waals surface area contributed by atoms with Gasteiger partial charge in [-0.05, 0) is 57.9 Å². The average Bonchev–Trinajstić information content (AvgIpc) is 3.28. The van der Waals surface area contributed by atoms with Crippen molar-refractivity contribution in [2.45, 2.75) is 69.6 Å². The van der Waals surface area contributed by atoms with Crippen LogP contribution in [0.2, 0.25) is 5.02 Å². The third-order valence-corrected chi connectivity index (χ3v) is 9.21. The van der Waals surface area contributed by atoms with Crippen LogP contribution in [0.5, 0.6) is 11.5 Å². The number of carbonyl (C=O) groups is 2. The minimum absolute atomic E-state index is 0.0465. The molecule has 41 heavy (non-hydrogen) atoms. The van der Waals surface area contributed by atoms with Gasteiger partial charge in [-0.1, -0.05) is 11.6 Å². The van der Waals surface area contributed by atoms with Crippen molar-refractivity contribution in [3.63, 3.8) is 0 Å². The second-order valence-corrected chi connectivity index (χ2v) is 12.4. The summed E-state index contributed by atoms with van der Waals surface area (Å²) in [7, 11) is 0. The number of amides is 2. The van der Waals surface area contributed by atoms with Gasteiger partial charge in [-0.25, -0.2) is 13.8 Å². The van der Waals surface area contributed by atoms with Gasteiger partial charge in [-0.15, -0.1) is 11.8 Å². The summed E-state index contributed by atoms with van der Waals surface area (Å²) in [6, 6.07) is 3.40. The van der Waals surface area contributed by atoms with Gasteiger partial charge in [0.15, 0.2) is 11.5 Å². The van der Waals surface area contributed by atoms with Crippen molar-refractivity contribution < 1.29 is 27.8 Å². The van der Waals surface area contributed by atoms with Gasteiger partial charge in [0.1, 0.15) is 0 Å². The Morgan fingerprint density at radius 3 is 2.44 bits per heavy atom. The largest absolute Gasteiger partial charge is 0.448 e. The van der Waals surface area contributed by atoms with Gasteiger partial charge in [0.2, 0.25) is 5.91 Å². The van der Waals surface area contributed by atoms with Crippen LogP contribution in [-0.2, 0) is 11.3 Å². The molecule has 0 bridgehead atoms. The van der Waals surface area contributed by atoms with Crippen molar-refractivity contribution >= 4 is 35.2 Å². The van der Waals surface area contributed by atoms with E-state index in [9.17, 15) is 23.2 Å². The van der Waals surface area contributed by atoms with Crippen LogP contribution in [0.4, 0.5) is 8.78 Å². The summed E-state index contributed by atoms with van der Waals surface area (Å²) in [5.41, 5.74) is 4.43. The van der Waals surface area contributed by atoms with Gasteiger partial charge in [0.05, 0.1) is 18.1 Å². The van der Waals surface area contributed by atoms with Crippen LogP contribution in [0, 0.1) is 25.7 Å². The maximum atomic E-state index is 13.2. The highest BCUT2D eigenvalue weighted by molar-refractivity contribution is 7.98. The standard InChI is InChI=1S/C28H33ClF2N4O5S/c1-14-9-21(41-4)19(26(38)33-14)11-32-25(37)18-10-20(29)23-22(15(18)2)39-27(3,40-23)17-7-5-16(6-8-17)24(36)34-35-12-28(30,31)13-35/h9-10,16-17H,5-8,11-13H2,1-4H3,(H,32,37)(H,33,38)(H,34,36)/t16-,17+,27-/m0/s1. The van der Waals surface area contributed by atoms with E-state index in [0.29, 0.717) is 53.9 Å². The highest BCUT2D eigenvalue weighted by Gasteiger charge is 2.49. The fraction of sp³-hybridized carbons (Fsp3) is 0.536. The molecular formula is C28H33ClF2N4O5S. The monoisotopic (exact) mass is 610 g/mol. The number of aryl methyl sites for hydroxylation is 1. The molecule has 222 valence electrons. The zero-order chi connectivity index (χ0) is 29.7. The number of H-pyrrole nitrogens is 1. The smallest absolute Gasteiger partial charge is 0.276 e. The van der Waals surface area contributed by atoms with Crippen LogP contribution in [0.3, 0.4) is 0 Å². The number of aromatic amines is 1. The maximum absolute atomic E-state index is 13.2. The third kappa shape index (κ3) is 5.91. The molecule has 2 fully saturated rings. The molecule has 2 aromatic rings. The number of halogens is 3. The number of hydrogen-bond acceptors (Lipinski definition) is 7. The first-order valence-corrected chi connectivity index (χ1v) is 15.1. The zero-order valence-electron chi connectivity index (χ0n) is 23.3. The minimum Gasteiger partial charge on any atom is -0.448 e. The van der Waals surface area contributed by atoms with Crippen LogP contribution >= 0.6 is 23.4 Å². The number of ether oxygens (including phenoxy) is 2. The first-order valence-electron chi connectivity index (χ1n) is 13.5. The summed E-state index contributed by atoms with van der Waals surface area (Å²) in [4.78, 5) is 41.8. The molecule has 0 radical (unpaired) electrons. The van der Waals surface area contributed by atoms with E-state index in [2.05, 4.69) is 15.7 Å². The van der Waals surface area contributed by atoms with E-state index in [-0.39, 0.29) is 34.9 Å². The molecule has 0 spiro atoms. The predicted octanol–water partition coefficient (Wildman–Crippen LogP) is 4.57. The number of hydrogen-bond donors (Lipinski definition) is 3. The van der Waals surface area contributed by atoms with Gasteiger partial charge in [-0.2, -0.15) is 0 Å². The molecule has 1 saturated carbocycles. The summed E-state index contributed by atoms with van der Waals surface area (Å²) >= 11 is 8.00. The lowest BCUT2D eigenvalue weighted by Crippen LogP contribution is -2.63. The van der Waals surface area contributed by atoms with Crippen molar-refractivity contribution in [1.82, 2.24) is 20.7 Å². The highest BCUT2D eigenvalue weighted by Crippen LogP contribution is 2.52. The molecule has 2 amide bonds. The quantitative estimate of drug-likeness (QED) is 0.394. The summed E-state index contributed by atoms with van der Waals surface area (Å²) in [6.45, 7) is 4.50. The highest BCUT2D eigenvalue weighted by atomic mass is 35.5. The SMILES string of the molecule is CSc1cc(C)[nH]c(=O)c1CNC(=O)c1cc(Cl)c2c(c1C)O[C@](C)([C@H]1CC[C@@H](C(=O)NN3CC(F)(F)C3)CC1)O2. The van der Waals surface area contributed by atoms with Crippen molar-refractivity contribution in [2.24, 2.45) is 11.8 Å². The lowest BCUT2D eigenvalue weighted by atomic mass is 9.78. The van der Waals surface area contributed by atoms with E-state index in [1.54, 1.807) is 13.8 Å². The Morgan fingerprint density at radius 1 is 1.15 bits per heavy atom. The lowest BCUT2D eigenvalue weighted by molar-refractivity contribution is -0.166. The molecule has 1 aromatic carbocycles. The number of fused-ring (bicyclic) bond motifs is 1. The van der Waals surface area contributed by atoms with Gasteiger partial charge < -0.3 is 19.8 Å². The van der Waals surface area contributed by atoms with Crippen LogP contribution in [0.15, 0.2) is 21.8 Å². The van der Waals surface area contributed by atoms with Crippen LogP contribution in [0.25, 0.3) is 0 Å². The van der Waals surface area contributed by atoms with E-state index in [1.807, 2.05) is 19.2 Å². The van der Waals surface area contributed by atoms with Crippen molar-refractivity contribution in [2.75, 3.05) is 19.3 Å². The van der Waals surface area contributed by atoms with E-state index in [0.717, 1.165) is 10.6 Å². The minimum atomic E-state index is -2.75. The Kier molecular flexibility index (Phi) is 8.03. The number of thioether (sulfide) groups is 1. The van der Waals surface area contributed by atoms with Gasteiger partial charge in [0.25, 0.3) is 23.2 Å².